The molecular formula is C22H24N2O2. The fourth-order valence-electron chi connectivity index (χ4n) is 2.26. The van der Waals surface area contributed by atoms with Crippen LogP contribution in [0, 0.1) is 0 Å². The number of amides is 2. The van der Waals surface area contributed by atoms with E-state index in [0.717, 1.165) is 24.0 Å². The Bertz CT molecular complexity index is 672. The molecule has 0 aromatic heterocycles. The zero-order valence-electron chi connectivity index (χ0n) is 14.7. The van der Waals surface area contributed by atoms with E-state index >= 15 is 0 Å². The molecule has 0 atom stereocenters. The Labute approximate surface area is 154 Å². The van der Waals surface area contributed by atoms with E-state index in [0.29, 0.717) is 13.1 Å². The zero-order valence-corrected chi connectivity index (χ0v) is 14.7. The van der Waals surface area contributed by atoms with Crippen molar-refractivity contribution >= 4 is 24.0 Å². The highest BCUT2D eigenvalue weighted by Gasteiger charge is 1.97. The monoisotopic (exact) mass is 348 g/mol. The lowest BCUT2D eigenvalue weighted by Crippen LogP contribution is -2.25. The van der Waals surface area contributed by atoms with Crippen molar-refractivity contribution in [2.45, 2.75) is 12.8 Å². The summed E-state index contributed by atoms with van der Waals surface area (Å²) in [7, 11) is 0. The molecular weight excluding hydrogens is 324 g/mol. The van der Waals surface area contributed by atoms with Crippen molar-refractivity contribution in [3.63, 3.8) is 0 Å². The molecule has 2 aromatic rings. The Morgan fingerprint density at radius 1 is 0.654 bits per heavy atom. The van der Waals surface area contributed by atoms with Crippen molar-refractivity contribution in [2.75, 3.05) is 13.1 Å². The molecule has 0 fully saturated rings. The van der Waals surface area contributed by atoms with Gasteiger partial charge in [-0.15, -0.1) is 0 Å². The van der Waals surface area contributed by atoms with Gasteiger partial charge in [0, 0.05) is 25.2 Å². The van der Waals surface area contributed by atoms with Gasteiger partial charge in [-0.3, -0.25) is 9.59 Å². The fourth-order valence-corrected chi connectivity index (χ4v) is 2.26. The molecule has 0 saturated heterocycles. The average Bonchev–Trinajstić information content (AvgIpc) is 2.69. The van der Waals surface area contributed by atoms with Gasteiger partial charge in [0.2, 0.25) is 11.8 Å². The molecule has 0 heterocycles. The maximum Gasteiger partial charge on any atom is 0.243 e. The van der Waals surface area contributed by atoms with Gasteiger partial charge in [-0.1, -0.05) is 60.7 Å². The van der Waals surface area contributed by atoms with E-state index in [9.17, 15) is 9.59 Å². The standard InChI is InChI=1S/C22H24N2O2/c25-21(15-13-19-9-3-1-4-10-19)23-17-7-8-18-24-22(26)16-14-20-11-5-2-6-12-20/h1-6,9-16H,7-8,17-18H2,(H,23,25)(H,24,26)/b15-13+,16-14+. The molecule has 0 spiro atoms. The molecule has 0 saturated carbocycles. The molecule has 0 aliphatic carbocycles. The first-order valence-electron chi connectivity index (χ1n) is 8.76. The molecule has 0 radical (unpaired) electrons. The van der Waals surface area contributed by atoms with Crippen LogP contribution in [0.4, 0.5) is 0 Å². The SMILES string of the molecule is O=C(/C=C/c1ccccc1)NCCCCNC(=O)/C=C/c1ccccc1. The highest BCUT2D eigenvalue weighted by Crippen LogP contribution is 2.01. The zero-order chi connectivity index (χ0) is 18.5. The van der Waals surface area contributed by atoms with Crippen LogP contribution in [0.5, 0.6) is 0 Å². The Morgan fingerprint density at radius 2 is 1.04 bits per heavy atom. The van der Waals surface area contributed by atoms with Crippen LogP contribution in [0.2, 0.25) is 0 Å². The van der Waals surface area contributed by atoms with Gasteiger partial charge in [-0.2, -0.15) is 0 Å². The molecule has 2 N–H and O–H groups in total. The van der Waals surface area contributed by atoms with Crippen LogP contribution in [0.1, 0.15) is 24.0 Å². The molecule has 2 amide bonds. The molecule has 0 aliphatic heterocycles. The van der Waals surface area contributed by atoms with Crippen LogP contribution in [0.3, 0.4) is 0 Å². The van der Waals surface area contributed by atoms with Crippen molar-refractivity contribution in [3.05, 3.63) is 83.9 Å². The summed E-state index contributed by atoms with van der Waals surface area (Å²) < 4.78 is 0. The number of benzene rings is 2. The average molecular weight is 348 g/mol. The minimum Gasteiger partial charge on any atom is -0.353 e. The Hall–Kier alpha value is -3.14. The molecule has 0 bridgehead atoms. The molecule has 134 valence electrons. The Morgan fingerprint density at radius 3 is 1.42 bits per heavy atom. The second-order valence-corrected chi connectivity index (χ2v) is 5.78. The fraction of sp³-hybridized carbons (Fsp3) is 0.182. The Balaban J connectivity index is 1.53. The highest BCUT2D eigenvalue weighted by atomic mass is 16.2. The topological polar surface area (TPSA) is 58.2 Å². The smallest absolute Gasteiger partial charge is 0.243 e. The first-order valence-corrected chi connectivity index (χ1v) is 8.76. The van der Waals surface area contributed by atoms with Crippen LogP contribution < -0.4 is 10.6 Å². The van der Waals surface area contributed by atoms with Crippen LogP contribution in [0.15, 0.2) is 72.8 Å². The number of unbranched alkanes of at least 4 members (excludes halogenated alkanes) is 1. The number of hydrogen-bond donors (Lipinski definition) is 2. The summed E-state index contributed by atoms with van der Waals surface area (Å²) in [6.07, 6.45) is 8.27. The number of hydrogen-bond acceptors (Lipinski definition) is 2. The molecule has 2 rings (SSSR count). The third-order valence-corrected chi connectivity index (χ3v) is 3.66. The number of nitrogens with one attached hydrogen (secondary N) is 2. The summed E-state index contributed by atoms with van der Waals surface area (Å²) in [6, 6.07) is 19.4. The van der Waals surface area contributed by atoms with E-state index in [1.54, 1.807) is 12.2 Å². The first kappa shape index (κ1) is 19.2. The lowest BCUT2D eigenvalue weighted by Gasteiger charge is -2.03. The van der Waals surface area contributed by atoms with Crippen molar-refractivity contribution in [2.24, 2.45) is 0 Å². The molecule has 2 aromatic carbocycles. The molecule has 4 heteroatoms. The van der Waals surface area contributed by atoms with E-state index < -0.39 is 0 Å². The van der Waals surface area contributed by atoms with Gasteiger partial charge in [0.1, 0.15) is 0 Å². The normalized spacial score (nSPS) is 10.9. The van der Waals surface area contributed by atoms with E-state index in [4.69, 9.17) is 0 Å². The van der Waals surface area contributed by atoms with Gasteiger partial charge < -0.3 is 10.6 Å². The summed E-state index contributed by atoms with van der Waals surface area (Å²) in [4.78, 5) is 23.4. The predicted molar refractivity (Wildman–Crippen MR) is 106 cm³/mol. The minimum absolute atomic E-state index is 0.108. The van der Waals surface area contributed by atoms with Crippen LogP contribution >= 0.6 is 0 Å². The lowest BCUT2D eigenvalue weighted by molar-refractivity contribution is -0.117. The number of rotatable bonds is 9. The molecule has 26 heavy (non-hydrogen) atoms. The molecule has 0 aliphatic rings. The number of carbonyl (C=O) groups is 2. The quantitative estimate of drug-likeness (QED) is 0.539. The van der Waals surface area contributed by atoms with Crippen molar-refractivity contribution in [1.82, 2.24) is 10.6 Å². The number of carbonyl (C=O) groups excluding carboxylic acids is 2. The lowest BCUT2D eigenvalue weighted by atomic mass is 10.2. The molecule has 4 nitrogen and oxygen atoms in total. The minimum atomic E-state index is -0.108. The van der Waals surface area contributed by atoms with E-state index in [2.05, 4.69) is 10.6 Å². The largest absolute Gasteiger partial charge is 0.353 e. The summed E-state index contributed by atoms with van der Waals surface area (Å²) in [5.41, 5.74) is 1.99. The first-order chi connectivity index (χ1) is 12.7. The van der Waals surface area contributed by atoms with Gasteiger partial charge >= 0.3 is 0 Å². The van der Waals surface area contributed by atoms with Gasteiger partial charge in [-0.05, 0) is 36.1 Å². The van der Waals surface area contributed by atoms with Gasteiger partial charge in [0.05, 0.1) is 0 Å². The maximum absolute atomic E-state index is 11.7. The van der Waals surface area contributed by atoms with Crippen LogP contribution in [-0.2, 0) is 9.59 Å². The van der Waals surface area contributed by atoms with Crippen molar-refractivity contribution < 1.29 is 9.59 Å². The summed E-state index contributed by atoms with van der Waals surface area (Å²) in [6.45, 7) is 1.18. The summed E-state index contributed by atoms with van der Waals surface area (Å²) in [5, 5.41) is 5.67. The van der Waals surface area contributed by atoms with Gasteiger partial charge in [-0.25, -0.2) is 0 Å². The maximum atomic E-state index is 11.7. The van der Waals surface area contributed by atoms with Crippen molar-refractivity contribution in [3.8, 4) is 0 Å². The second kappa shape index (κ2) is 11.4. The summed E-state index contributed by atoms with van der Waals surface area (Å²) in [5.74, 6) is -0.215. The van der Waals surface area contributed by atoms with Crippen LogP contribution in [-0.4, -0.2) is 24.9 Å². The third-order valence-electron chi connectivity index (χ3n) is 3.66. The van der Waals surface area contributed by atoms with E-state index in [-0.39, 0.29) is 11.8 Å². The van der Waals surface area contributed by atoms with Crippen LogP contribution in [0.25, 0.3) is 12.2 Å². The van der Waals surface area contributed by atoms with Gasteiger partial charge in [0.25, 0.3) is 0 Å². The van der Waals surface area contributed by atoms with Gasteiger partial charge in [0.15, 0.2) is 0 Å². The second-order valence-electron chi connectivity index (χ2n) is 5.78. The highest BCUT2D eigenvalue weighted by molar-refractivity contribution is 5.92. The third kappa shape index (κ3) is 8.11. The van der Waals surface area contributed by atoms with E-state index in [1.165, 1.54) is 12.2 Å². The summed E-state index contributed by atoms with van der Waals surface area (Å²) >= 11 is 0. The van der Waals surface area contributed by atoms with Crippen molar-refractivity contribution in [1.29, 1.82) is 0 Å². The molecule has 0 unspecified atom stereocenters. The Kier molecular flexibility index (Phi) is 8.43. The predicted octanol–water partition coefficient (Wildman–Crippen LogP) is 3.43. The van der Waals surface area contributed by atoms with E-state index in [1.807, 2.05) is 60.7 Å².